The Morgan fingerprint density at radius 1 is 1.11 bits per heavy atom. The van der Waals surface area contributed by atoms with E-state index in [4.69, 9.17) is 4.74 Å². The summed E-state index contributed by atoms with van der Waals surface area (Å²) in [6.45, 7) is 0.416. The van der Waals surface area contributed by atoms with Crippen molar-refractivity contribution in [2.75, 3.05) is 11.9 Å². The number of hydrogen-bond donors (Lipinski definition) is 1. The lowest BCUT2D eigenvalue weighted by molar-refractivity contribution is -0.107. The quantitative estimate of drug-likeness (QED) is 0.567. The van der Waals surface area contributed by atoms with E-state index in [9.17, 15) is 9.59 Å². The molecule has 0 aliphatic heterocycles. The monoisotopic (exact) mass is 249 g/mol. The van der Waals surface area contributed by atoms with Crippen molar-refractivity contribution in [3.05, 3.63) is 30.3 Å². The molecule has 1 rings (SSSR count). The van der Waals surface area contributed by atoms with Crippen molar-refractivity contribution in [3.8, 4) is 0 Å². The molecule has 0 heterocycles. The molecule has 4 nitrogen and oxygen atoms in total. The van der Waals surface area contributed by atoms with E-state index in [2.05, 4.69) is 5.32 Å². The number of rotatable bonds is 8. The predicted molar refractivity (Wildman–Crippen MR) is 70.6 cm³/mol. The summed E-state index contributed by atoms with van der Waals surface area (Å²) in [4.78, 5) is 21.4. The van der Waals surface area contributed by atoms with Gasteiger partial charge in [0.1, 0.15) is 6.29 Å². The average molecular weight is 249 g/mol. The minimum atomic E-state index is -0.422. The van der Waals surface area contributed by atoms with Gasteiger partial charge in [-0.25, -0.2) is 4.79 Å². The summed E-state index contributed by atoms with van der Waals surface area (Å²) in [5, 5.41) is 2.65. The van der Waals surface area contributed by atoms with E-state index in [1.807, 2.05) is 18.2 Å². The Balaban J connectivity index is 2.02. The Labute approximate surface area is 107 Å². The zero-order valence-corrected chi connectivity index (χ0v) is 10.4. The van der Waals surface area contributed by atoms with Gasteiger partial charge in [-0.05, 0) is 25.0 Å². The molecule has 0 saturated heterocycles. The summed E-state index contributed by atoms with van der Waals surface area (Å²) in [7, 11) is 0. The highest BCUT2D eigenvalue weighted by Crippen LogP contribution is 2.06. The van der Waals surface area contributed by atoms with Crippen molar-refractivity contribution in [2.24, 2.45) is 0 Å². The van der Waals surface area contributed by atoms with Crippen LogP contribution in [0.1, 0.15) is 32.1 Å². The standard InChI is InChI=1S/C14H19NO3/c16-11-7-2-1-3-8-12-18-14(17)15-13-9-5-4-6-10-13/h4-6,9-11H,1-3,7-8,12H2,(H,15,17). The van der Waals surface area contributed by atoms with E-state index >= 15 is 0 Å². The molecule has 0 aliphatic carbocycles. The Bertz CT molecular complexity index is 351. The molecular formula is C14H19NO3. The molecule has 0 saturated carbocycles. The third-order valence-corrected chi connectivity index (χ3v) is 2.47. The molecule has 4 heteroatoms. The van der Waals surface area contributed by atoms with Gasteiger partial charge in [0.15, 0.2) is 0 Å². The lowest BCUT2D eigenvalue weighted by atomic mass is 10.2. The Morgan fingerprint density at radius 2 is 1.83 bits per heavy atom. The maximum absolute atomic E-state index is 11.4. The number of amides is 1. The van der Waals surface area contributed by atoms with E-state index in [0.29, 0.717) is 13.0 Å². The molecule has 0 unspecified atom stereocenters. The number of para-hydroxylation sites is 1. The Morgan fingerprint density at radius 3 is 2.56 bits per heavy atom. The number of aldehydes is 1. The maximum atomic E-state index is 11.4. The third-order valence-electron chi connectivity index (χ3n) is 2.47. The molecule has 0 bridgehead atoms. The number of hydrogen-bond acceptors (Lipinski definition) is 3. The first kappa shape index (κ1) is 14.2. The van der Waals surface area contributed by atoms with Crippen LogP contribution in [0.25, 0.3) is 0 Å². The minimum Gasteiger partial charge on any atom is -0.449 e. The second kappa shape index (κ2) is 9.22. The average Bonchev–Trinajstić information content (AvgIpc) is 2.39. The summed E-state index contributed by atoms with van der Waals surface area (Å²) in [5.41, 5.74) is 0.730. The first-order chi connectivity index (χ1) is 8.83. The van der Waals surface area contributed by atoms with Crippen LogP contribution in [-0.4, -0.2) is 19.0 Å². The molecule has 1 aromatic carbocycles. The summed E-state index contributed by atoms with van der Waals surface area (Å²) < 4.78 is 5.03. The van der Waals surface area contributed by atoms with Crippen LogP contribution in [0.3, 0.4) is 0 Å². The number of carbonyl (C=O) groups is 2. The van der Waals surface area contributed by atoms with Crippen molar-refractivity contribution >= 4 is 18.1 Å². The van der Waals surface area contributed by atoms with Crippen molar-refractivity contribution in [1.82, 2.24) is 0 Å². The molecule has 0 spiro atoms. The molecule has 1 aromatic rings. The van der Waals surface area contributed by atoms with Crippen LogP contribution in [0.2, 0.25) is 0 Å². The third kappa shape index (κ3) is 6.68. The van der Waals surface area contributed by atoms with Crippen LogP contribution < -0.4 is 5.32 Å². The van der Waals surface area contributed by atoms with Gasteiger partial charge in [0, 0.05) is 12.1 Å². The molecule has 1 N–H and O–H groups in total. The highest BCUT2D eigenvalue weighted by Gasteiger charge is 2.01. The zero-order chi connectivity index (χ0) is 13.1. The fourth-order valence-electron chi connectivity index (χ4n) is 1.52. The van der Waals surface area contributed by atoms with Crippen LogP contribution in [0.5, 0.6) is 0 Å². The highest BCUT2D eigenvalue weighted by atomic mass is 16.5. The van der Waals surface area contributed by atoms with Crippen LogP contribution in [0, 0.1) is 0 Å². The van der Waals surface area contributed by atoms with E-state index < -0.39 is 6.09 Å². The number of carbonyl (C=O) groups excluding carboxylic acids is 2. The Hall–Kier alpha value is -1.84. The highest BCUT2D eigenvalue weighted by molar-refractivity contribution is 5.84. The van der Waals surface area contributed by atoms with Gasteiger partial charge in [0.2, 0.25) is 0 Å². The van der Waals surface area contributed by atoms with E-state index in [1.165, 1.54) is 0 Å². The predicted octanol–water partition coefficient (Wildman–Crippen LogP) is 3.38. The van der Waals surface area contributed by atoms with Crippen LogP contribution in [0.15, 0.2) is 30.3 Å². The molecule has 0 atom stereocenters. The second-order valence-electron chi connectivity index (χ2n) is 4.00. The lowest BCUT2D eigenvalue weighted by Gasteiger charge is -2.06. The van der Waals surface area contributed by atoms with E-state index in [1.54, 1.807) is 12.1 Å². The van der Waals surface area contributed by atoms with Gasteiger partial charge in [0.25, 0.3) is 0 Å². The largest absolute Gasteiger partial charge is 0.449 e. The summed E-state index contributed by atoms with van der Waals surface area (Å²) >= 11 is 0. The van der Waals surface area contributed by atoms with E-state index in [0.717, 1.165) is 37.7 Å². The van der Waals surface area contributed by atoms with Gasteiger partial charge in [-0.2, -0.15) is 0 Å². The second-order valence-corrected chi connectivity index (χ2v) is 4.00. The number of unbranched alkanes of at least 4 members (excludes halogenated alkanes) is 4. The molecule has 98 valence electrons. The fraction of sp³-hybridized carbons (Fsp3) is 0.429. The summed E-state index contributed by atoms with van der Waals surface area (Å²) in [6.07, 6.45) is 4.86. The van der Waals surface area contributed by atoms with Gasteiger partial charge < -0.3 is 9.53 Å². The van der Waals surface area contributed by atoms with Gasteiger partial charge in [-0.1, -0.05) is 31.0 Å². The molecule has 0 fully saturated rings. The number of nitrogens with one attached hydrogen (secondary N) is 1. The van der Waals surface area contributed by atoms with Gasteiger partial charge >= 0.3 is 6.09 Å². The number of anilines is 1. The van der Waals surface area contributed by atoms with Gasteiger partial charge in [-0.3, -0.25) is 5.32 Å². The minimum absolute atomic E-state index is 0.416. The topological polar surface area (TPSA) is 55.4 Å². The Kier molecular flexibility index (Phi) is 7.28. The van der Waals surface area contributed by atoms with Crippen molar-refractivity contribution in [3.63, 3.8) is 0 Å². The molecular weight excluding hydrogens is 230 g/mol. The van der Waals surface area contributed by atoms with Gasteiger partial charge in [-0.15, -0.1) is 0 Å². The van der Waals surface area contributed by atoms with Gasteiger partial charge in [0.05, 0.1) is 6.61 Å². The lowest BCUT2D eigenvalue weighted by Crippen LogP contribution is -2.14. The van der Waals surface area contributed by atoms with Crippen LogP contribution >= 0.6 is 0 Å². The van der Waals surface area contributed by atoms with Crippen molar-refractivity contribution < 1.29 is 14.3 Å². The summed E-state index contributed by atoms with van der Waals surface area (Å²) in [5.74, 6) is 0. The van der Waals surface area contributed by atoms with Crippen LogP contribution in [-0.2, 0) is 9.53 Å². The molecule has 0 aromatic heterocycles. The fourth-order valence-corrected chi connectivity index (χ4v) is 1.52. The van der Waals surface area contributed by atoms with Crippen molar-refractivity contribution in [1.29, 1.82) is 0 Å². The molecule has 0 aliphatic rings. The number of benzene rings is 1. The zero-order valence-electron chi connectivity index (χ0n) is 10.4. The SMILES string of the molecule is O=CCCCCCCOC(=O)Nc1ccccc1. The molecule has 0 radical (unpaired) electrons. The van der Waals surface area contributed by atoms with Crippen molar-refractivity contribution in [2.45, 2.75) is 32.1 Å². The maximum Gasteiger partial charge on any atom is 0.411 e. The first-order valence-corrected chi connectivity index (χ1v) is 6.25. The van der Waals surface area contributed by atoms with E-state index in [-0.39, 0.29) is 0 Å². The first-order valence-electron chi connectivity index (χ1n) is 6.25. The molecule has 1 amide bonds. The smallest absolute Gasteiger partial charge is 0.411 e. The van der Waals surface area contributed by atoms with Crippen LogP contribution in [0.4, 0.5) is 10.5 Å². The summed E-state index contributed by atoms with van der Waals surface area (Å²) in [6, 6.07) is 9.20. The normalized spacial score (nSPS) is 9.78. The molecule has 18 heavy (non-hydrogen) atoms. The number of ether oxygens (including phenoxy) is 1.